The second kappa shape index (κ2) is 14.8. The molecule has 8 N–H and O–H groups in total. The zero-order valence-corrected chi connectivity index (χ0v) is 27.4. The third-order valence-electron chi connectivity index (χ3n) is 10.0. The highest BCUT2D eigenvalue weighted by Crippen LogP contribution is 2.40. The molecule has 0 aliphatic carbocycles. The summed E-state index contributed by atoms with van der Waals surface area (Å²) < 4.78 is 23.9. The molecule has 6 aliphatic rings. The second-order valence-electron chi connectivity index (χ2n) is 13.2. The van der Waals surface area contributed by atoms with E-state index in [1.807, 2.05) is 0 Å². The topological polar surface area (TPSA) is 224 Å². The van der Waals surface area contributed by atoms with Crippen molar-refractivity contribution in [1.82, 2.24) is 31.1 Å². The molecule has 0 spiro atoms. The number of rotatable bonds is 12. The maximum absolute atomic E-state index is 13.4. The first-order valence-corrected chi connectivity index (χ1v) is 17.5. The second-order valence-corrected chi connectivity index (χ2v) is 14.4. The van der Waals surface area contributed by atoms with Crippen LogP contribution in [0.3, 0.4) is 0 Å². The number of nitrogens with one attached hydrogen (secondary N) is 4. The van der Waals surface area contributed by atoms with Crippen LogP contribution in [0.25, 0.3) is 0 Å². The van der Waals surface area contributed by atoms with E-state index >= 15 is 0 Å². The van der Waals surface area contributed by atoms with Crippen molar-refractivity contribution in [2.24, 2.45) is 0 Å². The van der Waals surface area contributed by atoms with Gasteiger partial charge in [-0.1, -0.05) is 0 Å². The molecule has 6 fully saturated rings. The molecule has 0 aromatic heterocycles. The van der Waals surface area contributed by atoms with E-state index in [9.17, 15) is 34.8 Å². The average molecular weight is 689 g/mol. The number of nitrogens with zero attached hydrogens (tertiary/aromatic N) is 2. The zero-order chi connectivity index (χ0) is 33.3. The molecule has 6 heterocycles. The van der Waals surface area contributed by atoms with Crippen LogP contribution in [0.4, 0.5) is 0 Å². The Labute approximate surface area is 277 Å². The van der Waals surface area contributed by atoms with Crippen molar-refractivity contribution in [2.45, 2.75) is 78.9 Å². The third-order valence-corrected chi connectivity index (χ3v) is 11.4. The lowest BCUT2D eigenvalue weighted by Gasteiger charge is -2.47. The number of carbonyl (C=O) groups is 3. The van der Waals surface area contributed by atoms with Crippen LogP contribution in [-0.4, -0.2) is 198 Å². The number of aliphatic hydroxyl groups is 4. The van der Waals surface area contributed by atoms with Gasteiger partial charge in [-0.15, -0.1) is 11.8 Å². The van der Waals surface area contributed by atoms with Gasteiger partial charge in [-0.2, -0.15) is 0 Å². The lowest BCUT2D eigenvalue weighted by molar-refractivity contribution is -0.283. The molecule has 6 rings (SSSR count). The summed E-state index contributed by atoms with van der Waals surface area (Å²) in [6.07, 6.45) is -6.50. The summed E-state index contributed by atoms with van der Waals surface area (Å²) in [7, 11) is 0. The van der Waals surface area contributed by atoms with Crippen LogP contribution >= 0.6 is 11.8 Å². The SMILES string of the molecule is CC(=O)CSC(CC(=O)NC[C@@]12OC[C@@H](O1)[C@H](N1CCNCC1)[C@@H](O)[C@H]2O)C(=O)NC[C@@]12OC[C@@H](O1)[C@H](N1CCNCC1)[C@@H](O)[C@H]2O. The molecule has 6 saturated heterocycles. The van der Waals surface area contributed by atoms with Crippen LogP contribution in [0.1, 0.15) is 13.3 Å². The van der Waals surface area contributed by atoms with E-state index in [0.717, 1.165) is 37.9 Å². The molecule has 6 aliphatic heterocycles. The first-order chi connectivity index (χ1) is 22.5. The first kappa shape index (κ1) is 35.3. The maximum Gasteiger partial charge on any atom is 0.233 e. The minimum Gasteiger partial charge on any atom is -0.388 e. The van der Waals surface area contributed by atoms with E-state index in [2.05, 4.69) is 31.1 Å². The monoisotopic (exact) mass is 688 g/mol. The first-order valence-electron chi connectivity index (χ1n) is 16.4. The molecular weight excluding hydrogens is 640 g/mol. The number of piperazine rings is 2. The van der Waals surface area contributed by atoms with Gasteiger partial charge in [0.05, 0.1) is 49.4 Å². The number of carbonyl (C=O) groups excluding carboxylic acids is 3. The van der Waals surface area contributed by atoms with Crippen molar-refractivity contribution in [2.75, 3.05) is 84.4 Å². The Hall–Kier alpha value is -1.52. The smallest absolute Gasteiger partial charge is 0.233 e. The van der Waals surface area contributed by atoms with Crippen molar-refractivity contribution in [1.29, 1.82) is 0 Å². The molecule has 11 atom stereocenters. The fourth-order valence-corrected chi connectivity index (χ4v) is 8.50. The van der Waals surface area contributed by atoms with Crippen LogP contribution in [0.2, 0.25) is 0 Å². The fraction of sp³-hybridized carbons (Fsp3) is 0.897. The minimum atomic E-state index is -1.66. The highest BCUT2D eigenvalue weighted by Gasteiger charge is 2.62. The van der Waals surface area contributed by atoms with Crippen LogP contribution in [0.15, 0.2) is 0 Å². The number of amides is 2. The molecule has 2 amide bonds. The molecule has 266 valence electrons. The standard InChI is InChI=1S/C29H48N6O11S/c1-16(36)13-47-19(27(42)33-15-29-26(41)24(39)22(18(46-29)12-44-29)35-8-4-31-5-9-35)10-20(37)32-14-28-25(40)23(38)21(17(45-28)11-43-28)34-6-2-30-3-7-34/h17-19,21-26,30-31,38-41H,2-15H2,1H3,(H,32,37)(H,33,42)/t17-,18-,19?,21+,22+,23-,24-,25-,26-,28-,29-/m1/s1. The molecule has 1 unspecified atom stereocenters. The van der Waals surface area contributed by atoms with E-state index in [4.69, 9.17) is 18.9 Å². The normalized spacial score (nSPS) is 41.4. The number of hydrogen-bond donors (Lipinski definition) is 8. The van der Waals surface area contributed by atoms with E-state index in [1.54, 1.807) is 0 Å². The number of hydrogen-bond acceptors (Lipinski definition) is 16. The van der Waals surface area contributed by atoms with E-state index < -0.39 is 77.3 Å². The van der Waals surface area contributed by atoms with E-state index in [0.29, 0.717) is 26.2 Å². The Kier molecular flexibility index (Phi) is 11.1. The van der Waals surface area contributed by atoms with E-state index in [-0.39, 0.29) is 44.3 Å². The summed E-state index contributed by atoms with van der Waals surface area (Å²) >= 11 is 0.991. The predicted molar refractivity (Wildman–Crippen MR) is 165 cm³/mol. The number of ketones is 1. The molecule has 17 nitrogen and oxygen atoms in total. The molecule has 0 aromatic rings. The van der Waals surface area contributed by atoms with Gasteiger partial charge in [0.15, 0.2) is 0 Å². The van der Waals surface area contributed by atoms with Crippen LogP contribution < -0.4 is 21.3 Å². The zero-order valence-electron chi connectivity index (χ0n) is 26.5. The molecule has 0 saturated carbocycles. The summed E-state index contributed by atoms with van der Waals surface area (Å²) in [5, 5.41) is 55.1. The number of Topliss-reactive ketones (excluding diaryl/α,β-unsaturated/α-hetero) is 1. The van der Waals surface area contributed by atoms with Gasteiger partial charge in [-0.25, -0.2) is 0 Å². The number of thioether (sulfide) groups is 1. The number of fused-ring (bicyclic) bond motifs is 4. The van der Waals surface area contributed by atoms with Crippen molar-refractivity contribution < 1.29 is 53.8 Å². The van der Waals surface area contributed by atoms with Crippen molar-refractivity contribution in [3.05, 3.63) is 0 Å². The average Bonchev–Trinajstić information content (AvgIpc) is 3.66. The van der Waals surface area contributed by atoms with Crippen LogP contribution in [0, 0.1) is 0 Å². The fourth-order valence-electron chi connectivity index (χ4n) is 7.56. The van der Waals surface area contributed by atoms with Gasteiger partial charge in [-0.3, -0.25) is 24.2 Å². The molecular formula is C29H48N6O11S. The van der Waals surface area contributed by atoms with Crippen LogP contribution in [0.5, 0.6) is 0 Å². The Bertz CT molecular complexity index is 1150. The molecule has 47 heavy (non-hydrogen) atoms. The molecule has 0 radical (unpaired) electrons. The largest absolute Gasteiger partial charge is 0.388 e. The van der Waals surface area contributed by atoms with E-state index in [1.165, 1.54) is 6.92 Å². The third kappa shape index (κ3) is 7.21. The number of aliphatic hydroxyl groups excluding tert-OH is 4. The van der Waals surface area contributed by atoms with Crippen molar-refractivity contribution >= 4 is 29.4 Å². The Morgan fingerprint density at radius 1 is 0.809 bits per heavy atom. The molecule has 4 bridgehead atoms. The Balaban J connectivity index is 1.04. The summed E-state index contributed by atoms with van der Waals surface area (Å²) in [6.45, 7) is 6.88. The van der Waals surface area contributed by atoms with Gasteiger partial charge >= 0.3 is 0 Å². The maximum atomic E-state index is 13.4. The number of ether oxygens (including phenoxy) is 4. The predicted octanol–water partition coefficient (Wildman–Crippen LogP) is -5.46. The summed E-state index contributed by atoms with van der Waals surface area (Å²) in [6, 6.07) is -0.908. The highest BCUT2D eigenvalue weighted by molar-refractivity contribution is 8.01. The summed E-state index contributed by atoms with van der Waals surface area (Å²) in [5.41, 5.74) is 0. The van der Waals surface area contributed by atoms with Gasteiger partial charge in [0, 0.05) is 58.8 Å². The van der Waals surface area contributed by atoms with Gasteiger partial charge in [-0.05, 0) is 6.92 Å². The van der Waals surface area contributed by atoms with Crippen molar-refractivity contribution in [3.63, 3.8) is 0 Å². The van der Waals surface area contributed by atoms with Crippen molar-refractivity contribution in [3.8, 4) is 0 Å². The quantitative estimate of drug-likeness (QED) is 0.0958. The molecule has 18 heteroatoms. The Morgan fingerprint density at radius 2 is 1.28 bits per heavy atom. The lowest BCUT2D eigenvalue weighted by atomic mass is 9.91. The highest BCUT2D eigenvalue weighted by atomic mass is 32.2. The van der Waals surface area contributed by atoms with Gasteiger partial charge in [0.2, 0.25) is 23.4 Å². The molecule has 0 aromatic carbocycles. The Morgan fingerprint density at radius 3 is 1.74 bits per heavy atom. The summed E-state index contributed by atoms with van der Waals surface area (Å²) in [4.78, 5) is 42.4. The summed E-state index contributed by atoms with van der Waals surface area (Å²) in [5.74, 6) is -4.64. The van der Waals surface area contributed by atoms with Gasteiger partial charge < -0.3 is 60.6 Å². The lowest BCUT2D eigenvalue weighted by Crippen LogP contribution is -2.69. The van der Waals surface area contributed by atoms with Gasteiger partial charge in [0.25, 0.3) is 0 Å². The minimum absolute atomic E-state index is 0.0184. The van der Waals surface area contributed by atoms with Crippen LogP contribution in [-0.2, 0) is 33.3 Å². The van der Waals surface area contributed by atoms with Gasteiger partial charge in [0.1, 0.15) is 42.4 Å².